The Morgan fingerprint density at radius 3 is 2.57 bits per heavy atom. The van der Waals surface area contributed by atoms with E-state index in [0.29, 0.717) is 11.6 Å². The van der Waals surface area contributed by atoms with E-state index < -0.39 is 0 Å². The van der Waals surface area contributed by atoms with E-state index in [2.05, 4.69) is 10.4 Å². The predicted molar refractivity (Wildman–Crippen MR) is 120 cm³/mol. The second-order valence-corrected chi connectivity index (χ2v) is 7.81. The number of hydrogen-bond acceptors (Lipinski definition) is 3. The van der Waals surface area contributed by atoms with Crippen LogP contribution in [0.25, 0.3) is 10.9 Å². The van der Waals surface area contributed by atoms with Gasteiger partial charge in [0.2, 0.25) is 0 Å². The molecule has 1 saturated heterocycles. The van der Waals surface area contributed by atoms with Crippen LogP contribution in [0.4, 0.5) is 4.39 Å². The molecule has 0 saturated carbocycles. The largest absolute Gasteiger partial charge is 0.337 e. The lowest BCUT2D eigenvalue weighted by atomic mass is 9.96. The van der Waals surface area contributed by atoms with Crippen molar-refractivity contribution >= 4 is 29.2 Å². The van der Waals surface area contributed by atoms with Gasteiger partial charge in [0, 0.05) is 25.5 Å². The van der Waals surface area contributed by atoms with Crippen LogP contribution in [0.3, 0.4) is 0 Å². The molecule has 160 valence electrons. The van der Waals surface area contributed by atoms with Crippen LogP contribution in [0.15, 0.2) is 48.5 Å². The third-order valence-electron chi connectivity index (χ3n) is 5.78. The maximum absolute atomic E-state index is 13.1. The number of hydrogen-bond donors (Lipinski definition) is 1. The van der Waals surface area contributed by atoms with E-state index in [-0.39, 0.29) is 24.1 Å². The molecule has 1 amide bonds. The van der Waals surface area contributed by atoms with Gasteiger partial charge in [-0.1, -0.05) is 30.3 Å². The van der Waals surface area contributed by atoms with Crippen LogP contribution < -0.4 is 5.32 Å². The quantitative estimate of drug-likeness (QED) is 0.605. The van der Waals surface area contributed by atoms with Crippen molar-refractivity contribution in [3.05, 3.63) is 65.6 Å². The first-order chi connectivity index (χ1) is 14.1. The van der Waals surface area contributed by atoms with Crippen LogP contribution in [-0.2, 0) is 13.5 Å². The van der Waals surface area contributed by atoms with E-state index in [1.165, 1.54) is 12.1 Å². The molecule has 1 aliphatic rings. The van der Waals surface area contributed by atoms with Crippen molar-refractivity contribution in [1.29, 1.82) is 0 Å². The Kier molecular flexibility index (Phi) is 7.45. The first-order valence-corrected chi connectivity index (χ1v) is 10.3. The molecule has 0 unspecified atom stereocenters. The van der Waals surface area contributed by atoms with Crippen LogP contribution in [0.1, 0.15) is 28.9 Å². The molecule has 3 aromatic rings. The van der Waals surface area contributed by atoms with E-state index >= 15 is 0 Å². The lowest BCUT2D eigenvalue weighted by Gasteiger charge is -2.32. The summed E-state index contributed by atoms with van der Waals surface area (Å²) in [6.07, 6.45) is 2.90. The molecule has 0 spiro atoms. The lowest BCUT2D eigenvalue weighted by Crippen LogP contribution is -2.41. The average molecular weight is 431 g/mol. The number of benzene rings is 2. The summed E-state index contributed by atoms with van der Waals surface area (Å²) in [5, 5.41) is 8.89. The maximum atomic E-state index is 13.1. The summed E-state index contributed by atoms with van der Waals surface area (Å²) in [7, 11) is 1.84. The minimum atomic E-state index is -0.192. The molecule has 30 heavy (non-hydrogen) atoms. The van der Waals surface area contributed by atoms with Gasteiger partial charge in [-0.2, -0.15) is 5.10 Å². The molecule has 1 aromatic heterocycles. The molecule has 0 aliphatic carbocycles. The van der Waals surface area contributed by atoms with Crippen molar-refractivity contribution < 1.29 is 9.18 Å². The van der Waals surface area contributed by atoms with Crippen LogP contribution in [-0.4, -0.2) is 46.8 Å². The fourth-order valence-electron chi connectivity index (χ4n) is 4.08. The monoisotopic (exact) mass is 430 g/mol. The number of nitrogens with one attached hydrogen (secondary N) is 1. The highest BCUT2D eigenvalue weighted by molar-refractivity contribution is 6.05. The third kappa shape index (κ3) is 4.99. The molecule has 5 nitrogen and oxygen atoms in total. The zero-order valence-electron chi connectivity index (χ0n) is 17.2. The van der Waals surface area contributed by atoms with Crippen LogP contribution >= 0.6 is 12.4 Å². The number of piperidine rings is 1. The Morgan fingerprint density at radius 1 is 1.13 bits per heavy atom. The molecule has 2 heterocycles. The maximum Gasteiger partial charge on any atom is 0.272 e. The minimum absolute atomic E-state index is 0. The van der Waals surface area contributed by atoms with Gasteiger partial charge in [0.1, 0.15) is 11.5 Å². The Bertz CT molecular complexity index is 981. The second-order valence-electron chi connectivity index (χ2n) is 7.81. The smallest absolute Gasteiger partial charge is 0.272 e. The first-order valence-electron chi connectivity index (χ1n) is 10.3. The highest BCUT2D eigenvalue weighted by atomic mass is 35.5. The zero-order chi connectivity index (χ0) is 20.2. The number of carbonyl (C=O) groups excluding carboxylic acids is 1. The van der Waals surface area contributed by atoms with Gasteiger partial charge in [0.15, 0.2) is 0 Å². The van der Waals surface area contributed by atoms with Crippen LogP contribution in [0, 0.1) is 11.7 Å². The van der Waals surface area contributed by atoms with Gasteiger partial charge in [-0.3, -0.25) is 9.48 Å². The third-order valence-corrected chi connectivity index (χ3v) is 5.78. The molecule has 4 rings (SSSR count). The van der Waals surface area contributed by atoms with Crippen LogP contribution in [0.5, 0.6) is 0 Å². The topological polar surface area (TPSA) is 50.2 Å². The summed E-state index contributed by atoms with van der Waals surface area (Å²) in [6.45, 7) is 3.40. The molecule has 1 fully saturated rings. The summed E-state index contributed by atoms with van der Waals surface area (Å²) in [6, 6.07) is 14.5. The van der Waals surface area contributed by atoms with Crippen molar-refractivity contribution in [2.75, 3.05) is 26.2 Å². The Labute approximate surface area is 182 Å². The van der Waals surface area contributed by atoms with Crippen molar-refractivity contribution in [2.24, 2.45) is 13.0 Å². The fraction of sp³-hybridized carbons (Fsp3) is 0.391. The van der Waals surface area contributed by atoms with E-state index in [1.54, 1.807) is 4.68 Å². The summed E-state index contributed by atoms with van der Waals surface area (Å²) >= 11 is 0. The van der Waals surface area contributed by atoms with E-state index in [4.69, 9.17) is 0 Å². The Morgan fingerprint density at radius 2 is 1.83 bits per heavy atom. The van der Waals surface area contributed by atoms with Crippen LogP contribution in [0.2, 0.25) is 0 Å². The van der Waals surface area contributed by atoms with E-state index in [0.717, 1.165) is 61.9 Å². The van der Waals surface area contributed by atoms with Gasteiger partial charge in [-0.15, -0.1) is 12.4 Å². The van der Waals surface area contributed by atoms with Gasteiger partial charge in [-0.05, 0) is 62.0 Å². The van der Waals surface area contributed by atoms with Crippen molar-refractivity contribution in [3.8, 4) is 0 Å². The van der Waals surface area contributed by atoms with Crippen molar-refractivity contribution in [3.63, 3.8) is 0 Å². The Hall–Kier alpha value is -2.44. The van der Waals surface area contributed by atoms with Crippen molar-refractivity contribution in [2.45, 2.75) is 19.3 Å². The molecule has 0 atom stereocenters. The van der Waals surface area contributed by atoms with Gasteiger partial charge in [0.05, 0.1) is 5.52 Å². The molecule has 2 aromatic carbocycles. The SMILES string of the molecule is Cl.Cn1nc2ccccc2c1C(=O)N1CCC(CNCCc2ccc(F)cc2)CC1. The summed E-state index contributed by atoms with van der Waals surface area (Å²) in [4.78, 5) is 15.0. The molecule has 7 heteroatoms. The number of nitrogens with zero attached hydrogens (tertiary/aromatic N) is 3. The average Bonchev–Trinajstić information content (AvgIpc) is 3.08. The fourth-order valence-corrected chi connectivity index (χ4v) is 4.08. The number of likely N-dealkylation sites (tertiary alicyclic amines) is 1. The van der Waals surface area contributed by atoms with Gasteiger partial charge in [0.25, 0.3) is 5.91 Å². The molecular formula is C23H28ClFN4O. The zero-order valence-corrected chi connectivity index (χ0v) is 18.0. The molecule has 1 aliphatic heterocycles. The highest BCUT2D eigenvalue weighted by Crippen LogP contribution is 2.23. The number of aryl methyl sites for hydroxylation is 1. The molecule has 0 radical (unpaired) electrons. The summed E-state index contributed by atoms with van der Waals surface area (Å²) in [5.74, 6) is 0.460. The summed E-state index contributed by atoms with van der Waals surface area (Å²) < 4.78 is 14.7. The van der Waals surface area contributed by atoms with Gasteiger partial charge >= 0.3 is 0 Å². The number of fused-ring (bicyclic) bond motifs is 1. The predicted octanol–water partition coefficient (Wildman–Crippen LogP) is 3.82. The van der Waals surface area contributed by atoms with Gasteiger partial charge in [-0.25, -0.2) is 4.39 Å². The number of amides is 1. The van der Waals surface area contributed by atoms with Crippen molar-refractivity contribution in [1.82, 2.24) is 20.0 Å². The summed E-state index contributed by atoms with van der Waals surface area (Å²) in [5.41, 5.74) is 2.68. The van der Waals surface area contributed by atoms with E-state index in [1.807, 2.05) is 48.3 Å². The molecular weight excluding hydrogens is 403 g/mol. The molecule has 0 bridgehead atoms. The Balaban J connectivity index is 0.00000256. The first kappa shape index (κ1) is 22.2. The second kappa shape index (κ2) is 10.0. The number of rotatable bonds is 6. The normalized spacial score (nSPS) is 14.7. The highest BCUT2D eigenvalue weighted by Gasteiger charge is 2.26. The number of halogens is 2. The number of aromatic nitrogens is 2. The minimum Gasteiger partial charge on any atom is -0.337 e. The molecule has 1 N–H and O–H groups in total. The number of carbonyl (C=O) groups is 1. The van der Waals surface area contributed by atoms with Gasteiger partial charge < -0.3 is 10.2 Å². The van der Waals surface area contributed by atoms with E-state index in [9.17, 15) is 9.18 Å². The standard InChI is InChI=1S/C23H27FN4O.ClH/c1-27-22(20-4-2-3-5-21(20)26-27)23(29)28-14-11-18(12-15-28)16-25-13-10-17-6-8-19(24)9-7-17;/h2-9,18,25H,10-16H2,1H3;1H. The lowest BCUT2D eigenvalue weighted by molar-refractivity contribution is 0.0681.